The molecule has 2 aliphatic rings. The van der Waals surface area contributed by atoms with Gasteiger partial charge in [-0.2, -0.15) is 0 Å². The maximum Gasteiger partial charge on any atom is 0.146 e. The molecule has 0 aromatic heterocycles. The zero-order chi connectivity index (χ0) is 17.8. The molecule has 0 saturated heterocycles. The van der Waals surface area contributed by atoms with Gasteiger partial charge in [0, 0.05) is 24.1 Å². The molecule has 2 heterocycles. The SMILES string of the molecule is CN(C)CC1Oc2ccccc2C1N1CC(C)(C)c2cccc(F)c21. The number of anilines is 1. The van der Waals surface area contributed by atoms with Crippen molar-refractivity contribution in [3.63, 3.8) is 0 Å². The van der Waals surface area contributed by atoms with E-state index in [-0.39, 0.29) is 23.4 Å². The van der Waals surface area contributed by atoms with E-state index in [4.69, 9.17) is 4.74 Å². The molecule has 0 N–H and O–H groups in total. The summed E-state index contributed by atoms with van der Waals surface area (Å²) in [6, 6.07) is 13.6. The lowest BCUT2D eigenvalue weighted by Gasteiger charge is -2.33. The van der Waals surface area contributed by atoms with Gasteiger partial charge < -0.3 is 14.5 Å². The topological polar surface area (TPSA) is 15.7 Å². The minimum Gasteiger partial charge on any atom is -0.486 e. The third-order valence-corrected chi connectivity index (χ3v) is 5.32. The smallest absolute Gasteiger partial charge is 0.146 e. The largest absolute Gasteiger partial charge is 0.486 e. The monoisotopic (exact) mass is 340 g/mol. The molecule has 4 rings (SSSR count). The summed E-state index contributed by atoms with van der Waals surface area (Å²) in [4.78, 5) is 4.36. The minimum absolute atomic E-state index is 0.0197. The van der Waals surface area contributed by atoms with Crippen LogP contribution in [0.2, 0.25) is 0 Å². The summed E-state index contributed by atoms with van der Waals surface area (Å²) in [6.45, 7) is 5.96. The normalized spacial score (nSPS) is 23.5. The van der Waals surface area contributed by atoms with E-state index in [1.165, 1.54) is 0 Å². The van der Waals surface area contributed by atoms with Crippen LogP contribution in [0, 0.1) is 5.82 Å². The summed E-state index contributed by atoms with van der Waals surface area (Å²) < 4.78 is 21.1. The van der Waals surface area contributed by atoms with Crippen LogP contribution in [-0.2, 0) is 5.41 Å². The fraction of sp³-hybridized carbons (Fsp3) is 0.429. The van der Waals surface area contributed by atoms with Crippen LogP contribution in [0.5, 0.6) is 5.75 Å². The van der Waals surface area contributed by atoms with Gasteiger partial charge in [0.2, 0.25) is 0 Å². The number of para-hydroxylation sites is 2. The van der Waals surface area contributed by atoms with E-state index >= 15 is 0 Å². The molecule has 2 unspecified atom stereocenters. The molecule has 25 heavy (non-hydrogen) atoms. The third-order valence-electron chi connectivity index (χ3n) is 5.32. The molecule has 3 nitrogen and oxygen atoms in total. The molecular weight excluding hydrogens is 315 g/mol. The number of halogens is 1. The van der Waals surface area contributed by atoms with E-state index in [0.29, 0.717) is 0 Å². The Morgan fingerprint density at radius 1 is 1.16 bits per heavy atom. The van der Waals surface area contributed by atoms with Crippen LogP contribution in [0.15, 0.2) is 42.5 Å². The van der Waals surface area contributed by atoms with Crippen LogP contribution in [0.4, 0.5) is 10.1 Å². The molecule has 2 aromatic rings. The lowest BCUT2D eigenvalue weighted by Crippen LogP contribution is -2.42. The van der Waals surface area contributed by atoms with Crippen LogP contribution in [0.1, 0.15) is 31.0 Å². The van der Waals surface area contributed by atoms with Crippen molar-refractivity contribution in [2.75, 3.05) is 32.1 Å². The molecule has 0 spiro atoms. The standard InChI is InChI=1S/C21H25FN2O/c1-21(2)13-24(20-15(21)9-7-10-16(20)22)19-14-8-5-6-11-17(14)25-18(19)12-23(3)4/h5-11,18-19H,12-13H2,1-4H3. The number of hydrogen-bond acceptors (Lipinski definition) is 3. The Hall–Kier alpha value is -2.07. The molecule has 2 atom stereocenters. The van der Waals surface area contributed by atoms with E-state index in [2.05, 4.69) is 35.8 Å². The quantitative estimate of drug-likeness (QED) is 0.840. The van der Waals surface area contributed by atoms with Gasteiger partial charge in [-0.05, 0) is 31.8 Å². The average molecular weight is 340 g/mol. The summed E-state index contributed by atoms with van der Waals surface area (Å²) in [6.07, 6.45) is -0.0197. The molecule has 4 heteroatoms. The third kappa shape index (κ3) is 2.60. The fourth-order valence-electron chi connectivity index (χ4n) is 4.31. The van der Waals surface area contributed by atoms with Crippen LogP contribution in [-0.4, -0.2) is 38.2 Å². The number of nitrogens with zero attached hydrogens (tertiary/aromatic N) is 2. The highest BCUT2D eigenvalue weighted by Crippen LogP contribution is 2.50. The van der Waals surface area contributed by atoms with Crippen LogP contribution < -0.4 is 9.64 Å². The number of benzene rings is 2. The molecule has 0 saturated carbocycles. The Balaban J connectivity index is 1.83. The van der Waals surface area contributed by atoms with Gasteiger partial charge in [-0.3, -0.25) is 0 Å². The lowest BCUT2D eigenvalue weighted by molar-refractivity contribution is 0.159. The van der Waals surface area contributed by atoms with Gasteiger partial charge in [-0.15, -0.1) is 0 Å². The van der Waals surface area contributed by atoms with Gasteiger partial charge >= 0.3 is 0 Å². The highest BCUT2D eigenvalue weighted by molar-refractivity contribution is 5.65. The highest BCUT2D eigenvalue weighted by atomic mass is 19.1. The first-order valence-corrected chi connectivity index (χ1v) is 8.84. The van der Waals surface area contributed by atoms with E-state index in [0.717, 1.165) is 35.7 Å². The average Bonchev–Trinajstić information content (AvgIpc) is 3.02. The summed E-state index contributed by atoms with van der Waals surface area (Å²) >= 11 is 0. The van der Waals surface area contributed by atoms with Crippen LogP contribution in [0.25, 0.3) is 0 Å². The maximum atomic E-state index is 14.8. The summed E-state index contributed by atoms with van der Waals surface area (Å²) in [5.74, 6) is 0.776. The Kier molecular flexibility index (Phi) is 3.76. The van der Waals surface area contributed by atoms with E-state index < -0.39 is 0 Å². The number of fused-ring (bicyclic) bond motifs is 2. The van der Waals surface area contributed by atoms with Crippen molar-refractivity contribution in [2.45, 2.75) is 31.4 Å². The summed E-state index contributed by atoms with van der Waals surface area (Å²) in [5.41, 5.74) is 2.89. The Morgan fingerprint density at radius 3 is 2.68 bits per heavy atom. The molecule has 2 aromatic carbocycles. The van der Waals surface area contributed by atoms with Gasteiger partial charge in [-0.25, -0.2) is 4.39 Å². The van der Waals surface area contributed by atoms with Crippen molar-refractivity contribution in [1.29, 1.82) is 0 Å². The summed E-state index contributed by atoms with van der Waals surface area (Å²) in [7, 11) is 4.09. The molecule has 0 bridgehead atoms. The Bertz CT molecular complexity index is 802. The number of ether oxygens (including phenoxy) is 1. The molecule has 0 amide bonds. The van der Waals surface area contributed by atoms with Gasteiger partial charge in [0.05, 0.1) is 11.7 Å². The highest BCUT2D eigenvalue weighted by Gasteiger charge is 2.46. The van der Waals surface area contributed by atoms with Crippen LogP contribution in [0.3, 0.4) is 0 Å². The molecular formula is C21H25FN2O. The lowest BCUT2D eigenvalue weighted by atomic mass is 9.87. The fourth-order valence-corrected chi connectivity index (χ4v) is 4.31. The molecule has 132 valence electrons. The van der Waals surface area contributed by atoms with E-state index in [1.54, 1.807) is 6.07 Å². The molecule has 2 aliphatic heterocycles. The van der Waals surface area contributed by atoms with Crippen molar-refractivity contribution in [3.05, 3.63) is 59.4 Å². The summed E-state index contributed by atoms with van der Waals surface area (Å²) in [5, 5.41) is 0. The molecule has 0 aliphatic carbocycles. The van der Waals surface area contributed by atoms with Gasteiger partial charge in [-0.1, -0.05) is 44.2 Å². The minimum atomic E-state index is -0.143. The second kappa shape index (κ2) is 5.73. The second-order valence-corrected chi connectivity index (χ2v) is 8.05. The van der Waals surface area contributed by atoms with E-state index in [1.807, 2.05) is 38.4 Å². The van der Waals surface area contributed by atoms with Gasteiger partial charge in [0.25, 0.3) is 0 Å². The predicted octanol–water partition coefficient (Wildman–Crippen LogP) is 3.99. The van der Waals surface area contributed by atoms with Gasteiger partial charge in [0.1, 0.15) is 17.7 Å². The Morgan fingerprint density at radius 2 is 1.92 bits per heavy atom. The molecule has 0 radical (unpaired) electrons. The van der Waals surface area contributed by atoms with Gasteiger partial charge in [0.15, 0.2) is 0 Å². The predicted molar refractivity (Wildman–Crippen MR) is 98.9 cm³/mol. The zero-order valence-electron chi connectivity index (χ0n) is 15.3. The van der Waals surface area contributed by atoms with Crippen molar-refractivity contribution in [2.24, 2.45) is 0 Å². The first-order valence-electron chi connectivity index (χ1n) is 8.84. The number of hydrogen-bond donors (Lipinski definition) is 0. The van der Waals surface area contributed by atoms with Crippen molar-refractivity contribution in [1.82, 2.24) is 4.90 Å². The Labute approximate surface area is 149 Å². The van der Waals surface area contributed by atoms with Crippen molar-refractivity contribution < 1.29 is 9.13 Å². The van der Waals surface area contributed by atoms with Crippen molar-refractivity contribution in [3.8, 4) is 5.75 Å². The first kappa shape index (κ1) is 16.4. The second-order valence-electron chi connectivity index (χ2n) is 8.05. The zero-order valence-corrected chi connectivity index (χ0v) is 15.3. The van der Waals surface area contributed by atoms with Crippen molar-refractivity contribution >= 4 is 5.69 Å². The number of likely N-dealkylation sites (N-methyl/N-ethyl adjacent to an activating group) is 1. The number of rotatable bonds is 3. The maximum absolute atomic E-state index is 14.8. The van der Waals surface area contributed by atoms with E-state index in [9.17, 15) is 4.39 Å². The van der Waals surface area contributed by atoms with Crippen LogP contribution >= 0.6 is 0 Å². The first-order chi connectivity index (χ1) is 11.9. The molecule has 0 fully saturated rings.